The van der Waals surface area contributed by atoms with Gasteiger partial charge in [0, 0.05) is 54.1 Å². The Morgan fingerprint density at radius 2 is 1.56 bits per heavy atom. The van der Waals surface area contributed by atoms with E-state index in [0.29, 0.717) is 31.0 Å². The molecular formula is C29H34N6O. The number of likely N-dealkylation sites (N-methyl/N-ethyl adjacent to an activating group) is 1. The fourth-order valence-electron chi connectivity index (χ4n) is 5.72. The van der Waals surface area contributed by atoms with Gasteiger partial charge in [0.05, 0.1) is 5.39 Å². The lowest BCUT2D eigenvalue weighted by atomic mass is 9.89. The zero-order valence-corrected chi connectivity index (χ0v) is 20.4. The van der Waals surface area contributed by atoms with Crippen LogP contribution in [0.5, 0.6) is 11.5 Å². The van der Waals surface area contributed by atoms with E-state index in [4.69, 9.17) is 14.6 Å². The standard InChI is InChI=1S/C29H34N6O/c1-33-15-17-34(18-16-33)22-9-11-23(12-10-22)35-19-26(27-28(30)31-20-32-29(27)35)21-7-13-25(14-8-21)36-24-5-3-2-4-6-24/h2-8,13-14,19-20,22-23H,9-12,15-18H2,1H3,(H2,30,31,32)/t22-,23+/i1D3. The number of rotatable bonds is 5. The average Bonchev–Trinajstić information content (AvgIpc) is 3.35. The Kier molecular flexibility index (Phi) is 5.43. The zero-order valence-electron chi connectivity index (χ0n) is 23.4. The van der Waals surface area contributed by atoms with Crippen LogP contribution in [0.2, 0.25) is 0 Å². The van der Waals surface area contributed by atoms with E-state index < -0.39 is 6.98 Å². The van der Waals surface area contributed by atoms with E-state index in [2.05, 4.69) is 37.8 Å². The monoisotopic (exact) mass is 485 g/mol. The molecule has 0 bridgehead atoms. The minimum absolute atomic E-state index is 0.330. The number of para-hydroxylation sites is 1. The maximum atomic E-state index is 7.67. The summed E-state index contributed by atoms with van der Waals surface area (Å²) in [7, 11) is 0. The molecule has 0 radical (unpaired) electrons. The molecule has 1 saturated carbocycles. The first-order chi connectivity index (χ1) is 18.9. The van der Waals surface area contributed by atoms with Crippen LogP contribution in [0.3, 0.4) is 0 Å². The molecule has 2 aliphatic rings. The van der Waals surface area contributed by atoms with Gasteiger partial charge in [-0.2, -0.15) is 0 Å². The van der Waals surface area contributed by atoms with E-state index in [1.54, 1.807) is 11.2 Å². The van der Waals surface area contributed by atoms with E-state index in [-0.39, 0.29) is 0 Å². The van der Waals surface area contributed by atoms with Crippen LogP contribution in [-0.4, -0.2) is 63.5 Å². The molecule has 1 aliphatic heterocycles. The first-order valence-electron chi connectivity index (χ1n) is 14.3. The number of hydrogen-bond acceptors (Lipinski definition) is 6. The van der Waals surface area contributed by atoms with Gasteiger partial charge in [0.2, 0.25) is 0 Å². The van der Waals surface area contributed by atoms with E-state index in [1.165, 1.54) is 0 Å². The predicted molar refractivity (Wildman–Crippen MR) is 144 cm³/mol. The maximum Gasteiger partial charge on any atom is 0.146 e. The van der Waals surface area contributed by atoms with Crippen LogP contribution in [0.1, 0.15) is 35.8 Å². The molecule has 0 spiro atoms. The van der Waals surface area contributed by atoms with E-state index in [9.17, 15) is 0 Å². The lowest BCUT2D eigenvalue weighted by Crippen LogP contribution is -2.49. The Morgan fingerprint density at radius 1 is 0.861 bits per heavy atom. The smallest absolute Gasteiger partial charge is 0.146 e. The number of nitrogen functional groups attached to an aromatic ring is 1. The number of fused-ring (bicyclic) bond motifs is 1. The second-order valence-corrected chi connectivity index (χ2v) is 9.83. The lowest BCUT2D eigenvalue weighted by Gasteiger charge is -2.41. The van der Waals surface area contributed by atoms with Crippen LogP contribution in [0.15, 0.2) is 67.1 Å². The first-order valence-corrected chi connectivity index (χ1v) is 12.8. The van der Waals surface area contributed by atoms with Gasteiger partial charge in [-0.25, -0.2) is 9.97 Å². The predicted octanol–water partition coefficient (Wildman–Crippen LogP) is 5.20. The maximum absolute atomic E-state index is 7.67. The molecule has 1 saturated heterocycles. The summed E-state index contributed by atoms with van der Waals surface area (Å²) in [5.74, 6) is 2.06. The molecule has 6 rings (SSSR count). The van der Waals surface area contributed by atoms with Gasteiger partial charge in [-0.15, -0.1) is 0 Å². The largest absolute Gasteiger partial charge is 0.457 e. The number of nitrogens with two attached hydrogens (primary N) is 1. The first kappa shape index (κ1) is 19.7. The molecule has 7 heteroatoms. The average molecular weight is 486 g/mol. The number of ether oxygens (including phenoxy) is 1. The van der Waals surface area contributed by atoms with Gasteiger partial charge in [-0.05, 0) is 62.5 Å². The van der Waals surface area contributed by atoms with Gasteiger partial charge in [0.1, 0.15) is 29.3 Å². The van der Waals surface area contributed by atoms with Crippen LogP contribution in [-0.2, 0) is 0 Å². The van der Waals surface area contributed by atoms with Crippen molar-refractivity contribution in [2.75, 3.05) is 38.9 Å². The molecule has 186 valence electrons. The summed E-state index contributed by atoms with van der Waals surface area (Å²) in [4.78, 5) is 13.1. The number of aromatic nitrogens is 3. The zero-order chi connectivity index (χ0) is 27.0. The molecule has 0 unspecified atom stereocenters. The Morgan fingerprint density at radius 3 is 2.28 bits per heavy atom. The topological polar surface area (TPSA) is 72.4 Å². The third-order valence-electron chi connectivity index (χ3n) is 7.67. The van der Waals surface area contributed by atoms with Crippen molar-refractivity contribution in [3.8, 4) is 22.6 Å². The van der Waals surface area contributed by atoms with E-state index >= 15 is 0 Å². The van der Waals surface area contributed by atoms with E-state index in [0.717, 1.165) is 72.4 Å². The molecule has 0 atom stereocenters. The molecule has 1 aliphatic carbocycles. The number of benzene rings is 2. The molecule has 36 heavy (non-hydrogen) atoms. The number of anilines is 1. The van der Waals surface area contributed by atoms with Crippen LogP contribution < -0.4 is 10.5 Å². The van der Waals surface area contributed by atoms with Crippen molar-refractivity contribution in [2.45, 2.75) is 37.8 Å². The summed E-state index contributed by atoms with van der Waals surface area (Å²) in [5.41, 5.74) is 9.33. The SMILES string of the molecule is [2H]C([2H])([2H])N1CCN([C@H]2CC[C@@H](n3cc(-c4ccc(Oc5ccccc5)cc4)c4c(N)ncnc43)CC2)CC1. The van der Waals surface area contributed by atoms with Crippen LogP contribution in [0.25, 0.3) is 22.2 Å². The highest BCUT2D eigenvalue weighted by Crippen LogP contribution is 2.39. The molecule has 2 fully saturated rings. The summed E-state index contributed by atoms with van der Waals surface area (Å²) < 4.78 is 31.3. The molecule has 4 aromatic rings. The van der Waals surface area contributed by atoms with Crippen molar-refractivity contribution >= 4 is 16.9 Å². The van der Waals surface area contributed by atoms with Gasteiger partial charge in [0.15, 0.2) is 0 Å². The fraction of sp³-hybridized carbons (Fsp3) is 0.379. The van der Waals surface area contributed by atoms with Gasteiger partial charge in [-0.1, -0.05) is 30.3 Å². The van der Waals surface area contributed by atoms with Crippen molar-refractivity contribution < 1.29 is 8.85 Å². The van der Waals surface area contributed by atoms with Crippen LogP contribution >= 0.6 is 0 Å². The number of nitrogens with zero attached hydrogens (tertiary/aromatic N) is 5. The minimum atomic E-state index is -1.99. The third kappa shape index (κ3) is 4.56. The van der Waals surface area contributed by atoms with Gasteiger partial charge in [0.25, 0.3) is 0 Å². The molecule has 2 N–H and O–H groups in total. The molecule has 7 nitrogen and oxygen atoms in total. The summed E-state index contributed by atoms with van der Waals surface area (Å²) in [6.45, 7) is 0.854. The minimum Gasteiger partial charge on any atom is -0.457 e. The highest BCUT2D eigenvalue weighted by molar-refractivity contribution is 6.00. The summed E-state index contributed by atoms with van der Waals surface area (Å²) in [6, 6.07) is 18.6. The van der Waals surface area contributed by atoms with Crippen LogP contribution in [0.4, 0.5) is 5.82 Å². The lowest BCUT2D eigenvalue weighted by molar-refractivity contribution is 0.0828. The summed E-state index contributed by atoms with van der Waals surface area (Å²) in [6.07, 6.45) is 7.98. The Bertz CT molecular complexity index is 1410. The normalized spacial score (nSPS) is 23.2. The van der Waals surface area contributed by atoms with Crippen molar-refractivity contribution in [3.05, 3.63) is 67.1 Å². The summed E-state index contributed by atoms with van der Waals surface area (Å²) >= 11 is 0. The highest BCUT2D eigenvalue weighted by atomic mass is 16.5. The molecule has 2 aromatic carbocycles. The van der Waals surface area contributed by atoms with Crippen molar-refractivity contribution in [3.63, 3.8) is 0 Å². The van der Waals surface area contributed by atoms with E-state index in [1.807, 2.05) is 42.5 Å². The van der Waals surface area contributed by atoms with Crippen molar-refractivity contribution in [1.29, 1.82) is 0 Å². The van der Waals surface area contributed by atoms with Gasteiger partial charge >= 0.3 is 0 Å². The Labute approximate surface area is 216 Å². The molecule has 3 heterocycles. The quantitative estimate of drug-likeness (QED) is 0.419. The number of hydrogen-bond donors (Lipinski definition) is 1. The van der Waals surface area contributed by atoms with Gasteiger partial charge < -0.3 is 19.9 Å². The van der Waals surface area contributed by atoms with Crippen molar-refractivity contribution in [1.82, 2.24) is 24.3 Å². The molecular weight excluding hydrogens is 448 g/mol. The highest BCUT2D eigenvalue weighted by Gasteiger charge is 2.29. The Hall–Kier alpha value is -3.42. The third-order valence-corrected chi connectivity index (χ3v) is 7.67. The van der Waals surface area contributed by atoms with Crippen LogP contribution in [0, 0.1) is 0 Å². The van der Waals surface area contributed by atoms with Crippen molar-refractivity contribution in [2.24, 2.45) is 0 Å². The molecule has 0 amide bonds. The fourth-order valence-corrected chi connectivity index (χ4v) is 5.72. The Balaban J connectivity index is 1.18. The molecule has 2 aromatic heterocycles. The summed E-state index contributed by atoms with van der Waals surface area (Å²) in [5, 5.41) is 0.886. The van der Waals surface area contributed by atoms with Gasteiger partial charge in [-0.3, -0.25) is 4.90 Å². The second kappa shape index (κ2) is 9.91. The number of piperazine rings is 1. The second-order valence-electron chi connectivity index (χ2n) is 9.83.